The Labute approximate surface area is 82.2 Å². The topological polar surface area (TPSA) is 6.48 Å². The molecule has 3 heteroatoms. The predicted octanol–water partition coefficient (Wildman–Crippen LogP) is 1.54. The molecule has 0 unspecified atom stereocenters. The number of hydrogen-bond donors (Lipinski definition) is 0. The summed E-state index contributed by atoms with van der Waals surface area (Å²) in [6.45, 7) is 8.65. The summed E-state index contributed by atoms with van der Waals surface area (Å²) < 4.78 is 0. The molecular weight excluding hydrogens is 176 g/mol. The van der Waals surface area contributed by atoms with Crippen LogP contribution in [0.3, 0.4) is 0 Å². The van der Waals surface area contributed by atoms with Crippen LogP contribution in [0.2, 0.25) is 19.6 Å². The maximum Gasteiger partial charge on any atom is 0.129 e. The fourth-order valence-corrected chi connectivity index (χ4v) is 1.71. The van der Waals surface area contributed by atoms with E-state index in [4.69, 9.17) is 0 Å². The lowest BCUT2D eigenvalue weighted by Crippen LogP contribution is -2.23. The normalized spacial score (nSPS) is 16.0. The van der Waals surface area contributed by atoms with E-state index in [2.05, 4.69) is 60.4 Å². The third kappa shape index (κ3) is 4.04. The van der Waals surface area contributed by atoms with Gasteiger partial charge in [0.15, 0.2) is 0 Å². The summed E-state index contributed by atoms with van der Waals surface area (Å²) in [4.78, 5) is 4.36. The first-order chi connectivity index (χ1) is 5.97. The molecule has 1 heterocycles. The Morgan fingerprint density at radius 3 is 2.46 bits per heavy atom. The minimum atomic E-state index is -1.17. The summed E-state index contributed by atoms with van der Waals surface area (Å²) in [5.41, 5.74) is 3.36. The lowest BCUT2D eigenvalue weighted by atomic mass is 10.6. The van der Waals surface area contributed by atoms with Gasteiger partial charge in [0.1, 0.15) is 8.07 Å². The van der Waals surface area contributed by atoms with E-state index in [0.717, 1.165) is 13.2 Å². The van der Waals surface area contributed by atoms with Crippen LogP contribution in [-0.4, -0.2) is 38.1 Å². The number of nitrogens with zero attached hydrogens (tertiary/aromatic N) is 2. The summed E-state index contributed by atoms with van der Waals surface area (Å²) >= 11 is 0. The van der Waals surface area contributed by atoms with Crippen molar-refractivity contribution < 1.29 is 0 Å². The zero-order valence-electron chi connectivity index (χ0n) is 8.96. The first-order valence-corrected chi connectivity index (χ1v) is 8.10. The summed E-state index contributed by atoms with van der Waals surface area (Å²) in [6, 6.07) is 0. The van der Waals surface area contributed by atoms with Crippen molar-refractivity contribution in [3.05, 3.63) is 12.4 Å². The van der Waals surface area contributed by atoms with E-state index < -0.39 is 8.07 Å². The molecule has 0 radical (unpaired) electrons. The second-order valence-corrected chi connectivity index (χ2v) is 9.25. The van der Waals surface area contributed by atoms with Gasteiger partial charge < -0.3 is 9.80 Å². The Bertz CT molecular complexity index is 254. The van der Waals surface area contributed by atoms with Crippen molar-refractivity contribution in [1.82, 2.24) is 9.80 Å². The van der Waals surface area contributed by atoms with E-state index in [-0.39, 0.29) is 0 Å². The van der Waals surface area contributed by atoms with E-state index >= 15 is 0 Å². The van der Waals surface area contributed by atoms with Crippen LogP contribution >= 0.6 is 0 Å². The minimum Gasteiger partial charge on any atom is -0.362 e. The van der Waals surface area contributed by atoms with Crippen molar-refractivity contribution in [2.75, 3.05) is 20.3 Å². The molecule has 0 spiro atoms. The van der Waals surface area contributed by atoms with Crippen LogP contribution in [0.4, 0.5) is 0 Å². The quantitative estimate of drug-likeness (QED) is 0.461. The number of rotatable bonds is 1. The molecule has 0 amide bonds. The standard InChI is InChI=1S/C10H18N2Si/c1-11-7-8-12(10-11)6-5-9-13(2,3)4/h7-8H,6,10H2,1-4H3. The minimum absolute atomic E-state index is 0.866. The monoisotopic (exact) mass is 194 g/mol. The highest BCUT2D eigenvalue weighted by Crippen LogP contribution is 2.02. The molecule has 0 atom stereocenters. The molecule has 1 aliphatic heterocycles. The summed E-state index contributed by atoms with van der Waals surface area (Å²) in [5, 5.41) is 0. The molecule has 0 aromatic carbocycles. The molecule has 0 saturated carbocycles. The fourth-order valence-electron chi connectivity index (χ4n) is 1.10. The highest BCUT2D eigenvalue weighted by Gasteiger charge is 2.08. The van der Waals surface area contributed by atoms with Gasteiger partial charge >= 0.3 is 0 Å². The average Bonchev–Trinajstić information content (AvgIpc) is 2.33. The first-order valence-electron chi connectivity index (χ1n) is 4.60. The Morgan fingerprint density at radius 1 is 1.31 bits per heavy atom. The lowest BCUT2D eigenvalue weighted by Gasteiger charge is -2.15. The van der Waals surface area contributed by atoms with Gasteiger partial charge in [-0.15, -0.1) is 5.54 Å². The molecule has 0 aromatic rings. The Balaban J connectivity index is 2.34. The molecule has 0 aromatic heterocycles. The molecule has 0 fully saturated rings. The zero-order chi connectivity index (χ0) is 9.90. The third-order valence-electron chi connectivity index (χ3n) is 1.68. The number of hydrogen-bond acceptors (Lipinski definition) is 2. The molecule has 1 aliphatic rings. The van der Waals surface area contributed by atoms with Gasteiger partial charge in [0, 0.05) is 19.4 Å². The van der Waals surface area contributed by atoms with Gasteiger partial charge in [-0.1, -0.05) is 25.6 Å². The predicted molar refractivity (Wildman–Crippen MR) is 59.6 cm³/mol. The summed E-state index contributed by atoms with van der Waals surface area (Å²) in [5.74, 6) is 3.25. The van der Waals surface area contributed by atoms with Gasteiger partial charge in [-0.2, -0.15) is 0 Å². The van der Waals surface area contributed by atoms with Crippen molar-refractivity contribution in [2.24, 2.45) is 0 Å². The van der Waals surface area contributed by atoms with Crippen molar-refractivity contribution in [3.8, 4) is 11.5 Å². The second-order valence-electron chi connectivity index (χ2n) is 4.50. The van der Waals surface area contributed by atoms with Crippen LogP contribution < -0.4 is 0 Å². The van der Waals surface area contributed by atoms with Crippen molar-refractivity contribution in [1.29, 1.82) is 0 Å². The largest absolute Gasteiger partial charge is 0.362 e. The van der Waals surface area contributed by atoms with Crippen LogP contribution in [0, 0.1) is 11.5 Å². The van der Waals surface area contributed by atoms with Crippen LogP contribution in [0.15, 0.2) is 12.4 Å². The van der Waals surface area contributed by atoms with E-state index in [1.807, 2.05) is 0 Å². The van der Waals surface area contributed by atoms with Gasteiger partial charge in [0.2, 0.25) is 0 Å². The van der Waals surface area contributed by atoms with Crippen LogP contribution in [0.1, 0.15) is 0 Å². The molecule has 0 aliphatic carbocycles. The Morgan fingerprint density at radius 2 is 2.00 bits per heavy atom. The smallest absolute Gasteiger partial charge is 0.129 e. The molecule has 1 rings (SSSR count). The van der Waals surface area contributed by atoms with Gasteiger partial charge in [-0.05, 0) is 0 Å². The van der Waals surface area contributed by atoms with Crippen molar-refractivity contribution in [2.45, 2.75) is 19.6 Å². The van der Waals surface area contributed by atoms with Crippen molar-refractivity contribution in [3.63, 3.8) is 0 Å². The zero-order valence-corrected chi connectivity index (χ0v) is 9.96. The third-order valence-corrected chi connectivity index (χ3v) is 2.61. The Hall–Kier alpha value is -0.883. The fraction of sp³-hybridized carbons (Fsp3) is 0.600. The molecule has 13 heavy (non-hydrogen) atoms. The van der Waals surface area contributed by atoms with Crippen LogP contribution in [0.5, 0.6) is 0 Å². The average molecular weight is 194 g/mol. The highest BCUT2D eigenvalue weighted by atomic mass is 28.3. The molecular formula is C10H18N2Si. The van der Waals surface area contributed by atoms with Crippen molar-refractivity contribution >= 4 is 8.07 Å². The van der Waals surface area contributed by atoms with E-state index in [0.29, 0.717) is 0 Å². The van der Waals surface area contributed by atoms with Gasteiger partial charge in [0.25, 0.3) is 0 Å². The van der Waals surface area contributed by atoms with Gasteiger partial charge in [-0.25, -0.2) is 0 Å². The van der Waals surface area contributed by atoms with E-state index in [9.17, 15) is 0 Å². The molecule has 0 bridgehead atoms. The van der Waals surface area contributed by atoms with Crippen LogP contribution in [0.25, 0.3) is 0 Å². The summed E-state index contributed by atoms with van der Waals surface area (Å²) in [6.07, 6.45) is 4.18. The Kier molecular flexibility index (Phi) is 3.05. The van der Waals surface area contributed by atoms with Gasteiger partial charge in [-0.3, -0.25) is 0 Å². The molecule has 0 N–H and O–H groups in total. The molecule has 2 nitrogen and oxygen atoms in total. The van der Waals surface area contributed by atoms with E-state index in [1.165, 1.54) is 0 Å². The van der Waals surface area contributed by atoms with E-state index in [1.54, 1.807) is 0 Å². The second kappa shape index (κ2) is 3.88. The lowest BCUT2D eigenvalue weighted by molar-refractivity contribution is 0.321. The van der Waals surface area contributed by atoms with Gasteiger partial charge in [0.05, 0.1) is 13.2 Å². The highest BCUT2D eigenvalue weighted by molar-refractivity contribution is 6.83. The maximum atomic E-state index is 3.36. The molecule has 72 valence electrons. The summed E-state index contributed by atoms with van der Waals surface area (Å²) in [7, 11) is 0.900. The van der Waals surface area contributed by atoms with Crippen LogP contribution in [-0.2, 0) is 0 Å². The first kappa shape index (κ1) is 10.2. The maximum absolute atomic E-state index is 3.36. The SMILES string of the molecule is CN1C=CN(CC#C[Si](C)(C)C)C1. The molecule has 0 saturated heterocycles.